The summed E-state index contributed by atoms with van der Waals surface area (Å²) in [6, 6.07) is 14.5. The zero-order valence-electron chi connectivity index (χ0n) is 13.8. The topological polar surface area (TPSA) is 48.4 Å². The summed E-state index contributed by atoms with van der Waals surface area (Å²) in [6.45, 7) is 1.68. The molecule has 1 aliphatic rings. The van der Waals surface area contributed by atoms with Gasteiger partial charge in [-0.3, -0.25) is 4.98 Å². The lowest BCUT2D eigenvalue weighted by Crippen LogP contribution is -2.39. The Morgan fingerprint density at radius 1 is 1.08 bits per heavy atom. The molecule has 2 heterocycles. The molecular formula is C20H20FN3O. The van der Waals surface area contributed by atoms with Crippen molar-refractivity contribution in [3.63, 3.8) is 0 Å². The van der Waals surface area contributed by atoms with Gasteiger partial charge in [-0.15, -0.1) is 0 Å². The lowest BCUT2D eigenvalue weighted by atomic mass is 10.0. The van der Waals surface area contributed by atoms with Gasteiger partial charge in [0.1, 0.15) is 11.6 Å². The van der Waals surface area contributed by atoms with E-state index < -0.39 is 0 Å². The van der Waals surface area contributed by atoms with Crippen molar-refractivity contribution >= 4 is 22.3 Å². The Labute approximate surface area is 145 Å². The number of aromatic nitrogens is 1. The van der Waals surface area contributed by atoms with Crippen molar-refractivity contribution < 1.29 is 9.50 Å². The average Bonchev–Trinajstić information content (AvgIpc) is 2.63. The van der Waals surface area contributed by atoms with E-state index in [1.54, 1.807) is 12.3 Å². The van der Waals surface area contributed by atoms with Crippen molar-refractivity contribution in [2.24, 2.45) is 0 Å². The first-order chi connectivity index (χ1) is 12.2. The zero-order chi connectivity index (χ0) is 17.2. The smallest absolute Gasteiger partial charge is 0.148 e. The maximum atomic E-state index is 13.3. The highest BCUT2D eigenvalue weighted by molar-refractivity contribution is 5.90. The molecule has 0 aliphatic carbocycles. The van der Waals surface area contributed by atoms with Crippen LogP contribution in [-0.2, 0) is 0 Å². The van der Waals surface area contributed by atoms with E-state index in [2.05, 4.69) is 15.2 Å². The van der Waals surface area contributed by atoms with Crippen LogP contribution in [0.3, 0.4) is 0 Å². The van der Waals surface area contributed by atoms with E-state index >= 15 is 0 Å². The van der Waals surface area contributed by atoms with Gasteiger partial charge < -0.3 is 15.3 Å². The Hall–Kier alpha value is -2.82. The first kappa shape index (κ1) is 15.7. The molecule has 5 heteroatoms. The van der Waals surface area contributed by atoms with Crippen molar-refractivity contribution in [1.82, 2.24) is 4.98 Å². The minimum Gasteiger partial charge on any atom is -0.505 e. The molecule has 0 spiro atoms. The van der Waals surface area contributed by atoms with E-state index in [1.807, 2.05) is 30.3 Å². The molecule has 1 aromatic heterocycles. The number of benzene rings is 2. The summed E-state index contributed by atoms with van der Waals surface area (Å²) < 4.78 is 13.3. The first-order valence-corrected chi connectivity index (χ1v) is 8.54. The number of aromatic hydroxyl groups is 1. The highest BCUT2D eigenvalue weighted by atomic mass is 19.1. The molecule has 4 rings (SSSR count). The van der Waals surface area contributed by atoms with Crippen molar-refractivity contribution in [2.75, 3.05) is 23.3 Å². The molecule has 2 N–H and O–H groups in total. The Morgan fingerprint density at radius 2 is 1.92 bits per heavy atom. The predicted octanol–water partition coefficient (Wildman–Crippen LogP) is 4.16. The van der Waals surface area contributed by atoms with Crippen LogP contribution in [-0.4, -0.2) is 29.2 Å². The number of hydrogen-bond donors (Lipinski definition) is 2. The van der Waals surface area contributed by atoms with Gasteiger partial charge in [0.05, 0.1) is 11.2 Å². The highest BCUT2D eigenvalue weighted by Gasteiger charge is 2.22. The second-order valence-corrected chi connectivity index (χ2v) is 6.42. The minimum atomic E-state index is -0.225. The van der Waals surface area contributed by atoms with Crippen molar-refractivity contribution in [2.45, 2.75) is 18.9 Å². The van der Waals surface area contributed by atoms with Crippen molar-refractivity contribution in [1.29, 1.82) is 0 Å². The molecule has 2 aromatic carbocycles. The van der Waals surface area contributed by atoms with Gasteiger partial charge in [-0.25, -0.2) is 4.39 Å². The van der Waals surface area contributed by atoms with Crippen LogP contribution >= 0.6 is 0 Å². The molecule has 1 saturated heterocycles. The summed E-state index contributed by atoms with van der Waals surface area (Å²) in [6.07, 6.45) is 3.59. The standard InChI is InChI=1S/C20H20FN3O/c21-14-3-1-4-16(13-14)23-15-8-11-24(12-9-15)19-7-6-18-17(20(19)25)5-2-10-22-18/h1-7,10,13,15,23,25H,8-9,11-12H2. The van der Waals surface area contributed by atoms with Crippen molar-refractivity contribution in [3.8, 4) is 5.75 Å². The molecule has 25 heavy (non-hydrogen) atoms. The summed E-state index contributed by atoms with van der Waals surface area (Å²) in [5, 5.41) is 14.8. The van der Waals surface area contributed by atoms with E-state index in [9.17, 15) is 9.50 Å². The second kappa shape index (κ2) is 6.59. The van der Waals surface area contributed by atoms with Crippen LogP contribution < -0.4 is 10.2 Å². The predicted molar refractivity (Wildman–Crippen MR) is 98.7 cm³/mol. The number of phenols is 1. The number of piperidine rings is 1. The number of hydrogen-bond acceptors (Lipinski definition) is 4. The molecule has 3 aromatic rings. The van der Waals surface area contributed by atoms with E-state index in [0.717, 1.165) is 48.2 Å². The first-order valence-electron chi connectivity index (χ1n) is 8.54. The van der Waals surface area contributed by atoms with Crippen LogP contribution in [0.2, 0.25) is 0 Å². The Bertz CT molecular complexity index is 891. The van der Waals surface area contributed by atoms with Crippen LogP contribution in [0.1, 0.15) is 12.8 Å². The summed E-state index contributed by atoms with van der Waals surface area (Å²) in [5.41, 5.74) is 2.47. The average molecular weight is 337 g/mol. The molecule has 0 amide bonds. The number of rotatable bonds is 3. The third-order valence-corrected chi connectivity index (χ3v) is 4.77. The number of anilines is 2. The SMILES string of the molecule is Oc1c(N2CCC(Nc3cccc(F)c3)CC2)ccc2ncccc12. The van der Waals surface area contributed by atoms with Gasteiger partial charge in [-0.05, 0) is 55.3 Å². The van der Waals surface area contributed by atoms with Gasteiger partial charge in [-0.1, -0.05) is 6.07 Å². The molecule has 0 unspecified atom stereocenters. The summed E-state index contributed by atoms with van der Waals surface area (Å²) in [7, 11) is 0. The van der Waals surface area contributed by atoms with Gasteiger partial charge in [0.15, 0.2) is 0 Å². The molecule has 0 saturated carbocycles. The number of pyridine rings is 1. The molecular weight excluding hydrogens is 317 g/mol. The fourth-order valence-electron chi connectivity index (χ4n) is 3.46. The summed E-state index contributed by atoms with van der Waals surface area (Å²) >= 11 is 0. The van der Waals surface area contributed by atoms with E-state index in [-0.39, 0.29) is 5.82 Å². The van der Waals surface area contributed by atoms with Gasteiger partial charge in [0.25, 0.3) is 0 Å². The fraction of sp³-hybridized carbons (Fsp3) is 0.250. The molecule has 1 aliphatic heterocycles. The Balaban J connectivity index is 1.46. The third-order valence-electron chi connectivity index (χ3n) is 4.77. The van der Waals surface area contributed by atoms with Crippen LogP contribution in [0.15, 0.2) is 54.7 Å². The van der Waals surface area contributed by atoms with E-state index in [1.165, 1.54) is 12.1 Å². The molecule has 128 valence electrons. The fourth-order valence-corrected chi connectivity index (χ4v) is 3.46. The summed E-state index contributed by atoms with van der Waals surface area (Å²) in [4.78, 5) is 6.48. The number of phenolic OH excluding ortho intramolecular Hbond substituents is 1. The van der Waals surface area contributed by atoms with Gasteiger partial charge in [0, 0.05) is 36.4 Å². The van der Waals surface area contributed by atoms with Crippen LogP contribution in [0.4, 0.5) is 15.8 Å². The third kappa shape index (κ3) is 3.22. The van der Waals surface area contributed by atoms with Crippen molar-refractivity contribution in [3.05, 3.63) is 60.5 Å². The second-order valence-electron chi connectivity index (χ2n) is 6.42. The molecule has 1 fully saturated rings. The molecule has 0 radical (unpaired) electrons. The Kier molecular flexibility index (Phi) is 4.14. The van der Waals surface area contributed by atoms with Crippen LogP contribution in [0.25, 0.3) is 10.9 Å². The number of nitrogens with zero attached hydrogens (tertiary/aromatic N) is 2. The number of fused-ring (bicyclic) bond motifs is 1. The van der Waals surface area contributed by atoms with Gasteiger partial charge in [0.2, 0.25) is 0 Å². The van der Waals surface area contributed by atoms with E-state index in [4.69, 9.17) is 0 Å². The van der Waals surface area contributed by atoms with Gasteiger partial charge in [-0.2, -0.15) is 0 Å². The number of halogens is 1. The monoisotopic (exact) mass is 337 g/mol. The van der Waals surface area contributed by atoms with Crippen LogP contribution in [0.5, 0.6) is 5.75 Å². The lowest BCUT2D eigenvalue weighted by Gasteiger charge is -2.34. The van der Waals surface area contributed by atoms with Gasteiger partial charge >= 0.3 is 0 Å². The highest BCUT2D eigenvalue weighted by Crippen LogP contribution is 2.35. The maximum Gasteiger partial charge on any atom is 0.148 e. The molecule has 4 nitrogen and oxygen atoms in total. The zero-order valence-corrected chi connectivity index (χ0v) is 13.8. The molecule has 0 bridgehead atoms. The largest absolute Gasteiger partial charge is 0.505 e. The normalized spacial score (nSPS) is 15.5. The van der Waals surface area contributed by atoms with Crippen LogP contribution in [0, 0.1) is 5.82 Å². The minimum absolute atomic E-state index is 0.225. The number of nitrogens with one attached hydrogen (secondary N) is 1. The van der Waals surface area contributed by atoms with E-state index in [0.29, 0.717) is 11.8 Å². The lowest BCUT2D eigenvalue weighted by molar-refractivity contribution is 0.471. The molecule has 0 atom stereocenters. The summed E-state index contributed by atoms with van der Waals surface area (Å²) in [5.74, 6) is 0.0688. The maximum absolute atomic E-state index is 13.3. The Morgan fingerprint density at radius 3 is 2.72 bits per heavy atom. The quantitative estimate of drug-likeness (QED) is 0.753.